The Morgan fingerprint density at radius 2 is 2.07 bits per heavy atom. The molecule has 0 radical (unpaired) electrons. The van der Waals surface area contributed by atoms with Crippen molar-refractivity contribution in [3.8, 4) is 16.6 Å². The Morgan fingerprint density at radius 3 is 2.78 bits per heavy atom. The Kier molecular flexibility index (Phi) is 4.90. The predicted molar refractivity (Wildman–Crippen MR) is 106 cm³/mol. The monoisotopic (exact) mass is 372 g/mol. The van der Waals surface area contributed by atoms with Gasteiger partial charge < -0.3 is 9.88 Å². The zero-order valence-corrected chi connectivity index (χ0v) is 15.2. The quantitative estimate of drug-likeness (QED) is 0.547. The number of imidazole rings is 1. The van der Waals surface area contributed by atoms with E-state index in [2.05, 4.69) is 43.0 Å². The second-order valence-electron chi connectivity index (χ2n) is 5.92. The number of nitriles is 1. The minimum atomic E-state index is 0.470. The highest BCUT2D eigenvalue weighted by atomic mass is 32.1. The number of nitrogens with zero attached hydrogens (tertiary/aromatic N) is 5. The number of hydrogen-bond acceptors (Lipinski definition) is 6. The van der Waals surface area contributed by atoms with Crippen LogP contribution < -0.4 is 5.32 Å². The lowest BCUT2D eigenvalue weighted by Gasteiger charge is -2.08. The average molecular weight is 372 g/mol. The van der Waals surface area contributed by atoms with Crippen LogP contribution in [0.1, 0.15) is 11.1 Å². The molecular formula is C20H16N6S. The third-order valence-corrected chi connectivity index (χ3v) is 4.97. The van der Waals surface area contributed by atoms with E-state index in [1.807, 2.05) is 42.2 Å². The number of aromatic nitrogens is 4. The molecule has 1 N–H and O–H groups in total. The fourth-order valence-electron chi connectivity index (χ4n) is 2.69. The molecule has 0 fully saturated rings. The second kappa shape index (κ2) is 7.81. The molecule has 0 aliphatic carbocycles. The van der Waals surface area contributed by atoms with Crippen molar-refractivity contribution in [2.24, 2.45) is 0 Å². The standard InChI is InChI=1S/C20H16N6S/c21-12-16-13-23-20(25-19(16)18-2-1-11-27-18)24-17-5-3-15(4-6-17)7-9-26-10-8-22-14-26/h1-6,8,10-11,13-14H,7,9H2,(H,23,24,25). The molecule has 132 valence electrons. The highest BCUT2D eigenvalue weighted by molar-refractivity contribution is 7.13. The Labute approximate surface area is 160 Å². The van der Waals surface area contributed by atoms with E-state index in [4.69, 9.17) is 0 Å². The Morgan fingerprint density at radius 1 is 1.19 bits per heavy atom. The highest BCUT2D eigenvalue weighted by Crippen LogP contribution is 2.27. The van der Waals surface area contributed by atoms with Crippen LogP contribution in [0.4, 0.5) is 11.6 Å². The first-order chi connectivity index (χ1) is 13.3. The van der Waals surface area contributed by atoms with E-state index in [0.717, 1.165) is 23.5 Å². The lowest BCUT2D eigenvalue weighted by Crippen LogP contribution is -2.01. The molecule has 3 heterocycles. The van der Waals surface area contributed by atoms with Gasteiger partial charge in [0.25, 0.3) is 0 Å². The first-order valence-corrected chi connectivity index (χ1v) is 9.32. The SMILES string of the molecule is N#Cc1cnc(Nc2ccc(CCn3ccnc3)cc2)nc1-c1cccs1. The molecule has 0 spiro atoms. The maximum Gasteiger partial charge on any atom is 0.227 e. The molecular weight excluding hydrogens is 356 g/mol. The van der Waals surface area contributed by atoms with E-state index in [1.54, 1.807) is 23.7 Å². The molecule has 0 saturated heterocycles. The number of nitrogens with one attached hydrogen (secondary N) is 1. The van der Waals surface area contributed by atoms with Crippen molar-refractivity contribution in [3.05, 3.63) is 77.8 Å². The van der Waals surface area contributed by atoms with E-state index in [-0.39, 0.29) is 0 Å². The van der Waals surface area contributed by atoms with Crippen molar-refractivity contribution in [2.75, 3.05) is 5.32 Å². The molecule has 0 bridgehead atoms. The molecule has 4 aromatic rings. The van der Waals surface area contributed by atoms with Gasteiger partial charge in [0.1, 0.15) is 11.8 Å². The largest absolute Gasteiger partial charge is 0.337 e. The van der Waals surface area contributed by atoms with Crippen molar-refractivity contribution in [2.45, 2.75) is 13.0 Å². The van der Waals surface area contributed by atoms with E-state index in [0.29, 0.717) is 17.2 Å². The van der Waals surface area contributed by atoms with Crippen LogP contribution in [-0.4, -0.2) is 19.5 Å². The van der Waals surface area contributed by atoms with Crippen LogP contribution in [0.5, 0.6) is 0 Å². The maximum absolute atomic E-state index is 9.30. The fourth-order valence-corrected chi connectivity index (χ4v) is 3.41. The number of rotatable bonds is 6. The van der Waals surface area contributed by atoms with Crippen molar-refractivity contribution in [1.29, 1.82) is 5.26 Å². The smallest absolute Gasteiger partial charge is 0.227 e. The summed E-state index contributed by atoms with van der Waals surface area (Å²) >= 11 is 1.55. The minimum Gasteiger partial charge on any atom is -0.337 e. The fraction of sp³-hybridized carbons (Fsp3) is 0.100. The molecule has 0 aliphatic heterocycles. The van der Waals surface area contributed by atoms with Crippen LogP contribution in [0.25, 0.3) is 10.6 Å². The summed E-state index contributed by atoms with van der Waals surface area (Å²) in [6.07, 6.45) is 8.07. The van der Waals surface area contributed by atoms with Gasteiger partial charge in [0.2, 0.25) is 5.95 Å². The number of aryl methyl sites for hydroxylation is 2. The second-order valence-corrected chi connectivity index (χ2v) is 6.87. The molecule has 27 heavy (non-hydrogen) atoms. The summed E-state index contributed by atoms with van der Waals surface area (Å²) in [6.45, 7) is 0.898. The topological polar surface area (TPSA) is 79.4 Å². The van der Waals surface area contributed by atoms with Gasteiger partial charge in [0, 0.05) is 24.6 Å². The van der Waals surface area contributed by atoms with Gasteiger partial charge in [-0.1, -0.05) is 18.2 Å². The van der Waals surface area contributed by atoms with Crippen molar-refractivity contribution < 1.29 is 0 Å². The summed E-state index contributed by atoms with van der Waals surface area (Å²) in [7, 11) is 0. The van der Waals surface area contributed by atoms with E-state index in [9.17, 15) is 5.26 Å². The van der Waals surface area contributed by atoms with Gasteiger partial charge in [-0.2, -0.15) is 5.26 Å². The summed E-state index contributed by atoms with van der Waals surface area (Å²) in [4.78, 5) is 13.8. The Bertz CT molecular complexity index is 1050. The van der Waals surface area contributed by atoms with E-state index in [1.165, 1.54) is 5.56 Å². The van der Waals surface area contributed by atoms with E-state index < -0.39 is 0 Å². The summed E-state index contributed by atoms with van der Waals surface area (Å²) < 4.78 is 2.06. The summed E-state index contributed by atoms with van der Waals surface area (Å²) in [5.41, 5.74) is 3.28. The van der Waals surface area contributed by atoms with Gasteiger partial charge in [0.05, 0.1) is 23.0 Å². The van der Waals surface area contributed by atoms with Crippen LogP contribution in [0.2, 0.25) is 0 Å². The van der Waals surface area contributed by atoms with Crippen LogP contribution in [0.3, 0.4) is 0 Å². The normalized spacial score (nSPS) is 10.5. The third kappa shape index (κ3) is 4.02. The van der Waals surface area contributed by atoms with Gasteiger partial charge in [0.15, 0.2) is 0 Å². The molecule has 4 rings (SSSR count). The van der Waals surface area contributed by atoms with Crippen LogP contribution in [-0.2, 0) is 13.0 Å². The summed E-state index contributed by atoms with van der Waals surface area (Å²) in [5.74, 6) is 0.476. The average Bonchev–Trinajstić information content (AvgIpc) is 3.41. The number of anilines is 2. The number of hydrogen-bond donors (Lipinski definition) is 1. The molecule has 1 aromatic carbocycles. The molecule has 0 saturated carbocycles. The zero-order valence-electron chi connectivity index (χ0n) is 14.4. The van der Waals surface area contributed by atoms with Crippen LogP contribution in [0, 0.1) is 11.3 Å². The zero-order chi connectivity index (χ0) is 18.5. The lowest BCUT2D eigenvalue weighted by molar-refractivity contribution is 0.696. The van der Waals surface area contributed by atoms with Gasteiger partial charge >= 0.3 is 0 Å². The predicted octanol–water partition coefficient (Wildman–Crippen LogP) is 4.26. The highest BCUT2D eigenvalue weighted by Gasteiger charge is 2.10. The lowest BCUT2D eigenvalue weighted by atomic mass is 10.1. The van der Waals surface area contributed by atoms with Gasteiger partial charge in [-0.3, -0.25) is 0 Å². The van der Waals surface area contributed by atoms with Gasteiger partial charge in [-0.15, -0.1) is 11.3 Å². The first kappa shape index (κ1) is 16.9. The van der Waals surface area contributed by atoms with Crippen molar-refractivity contribution >= 4 is 23.0 Å². The molecule has 7 heteroatoms. The van der Waals surface area contributed by atoms with Gasteiger partial charge in [-0.05, 0) is 35.6 Å². The summed E-state index contributed by atoms with van der Waals surface area (Å²) in [5, 5.41) is 14.5. The van der Waals surface area contributed by atoms with Crippen LogP contribution >= 0.6 is 11.3 Å². The third-order valence-electron chi connectivity index (χ3n) is 4.09. The number of thiophene rings is 1. The molecule has 0 aliphatic rings. The maximum atomic E-state index is 9.30. The summed E-state index contributed by atoms with van der Waals surface area (Å²) in [6, 6.07) is 14.2. The molecule has 6 nitrogen and oxygen atoms in total. The Hall–Kier alpha value is -3.50. The first-order valence-electron chi connectivity index (χ1n) is 8.44. The van der Waals surface area contributed by atoms with Crippen molar-refractivity contribution in [1.82, 2.24) is 19.5 Å². The van der Waals surface area contributed by atoms with E-state index >= 15 is 0 Å². The van der Waals surface area contributed by atoms with Crippen LogP contribution in [0.15, 0.2) is 66.7 Å². The molecule has 0 atom stereocenters. The Balaban J connectivity index is 1.47. The molecule has 0 amide bonds. The minimum absolute atomic E-state index is 0.470. The molecule has 3 aromatic heterocycles. The van der Waals surface area contributed by atoms with Gasteiger partial charge in [-0.25, -0.2) is 15.0 Å². The molecule has 0 unspecified atom stereocenters. The van der Waals surface area contributed by atoms with Crippen molar-refractivity contribution in [3.63, 3.8) is 0 Å². The number of benzene rings is 1.